The van der Waals surface area contributed by atoms with Crippen LogP contribution in [0.2, 0.25) is 0 Å². The van der Waals surface area contributed by atoms with E-state index in [-0.39, 0.29) is 11.0 Å². The number of para-hydroxylation sites is 2. The van der Waals surface area contributed by atoms with Crippen molar-refractivity contribution in [3.8, 4) is 0 Å². The van der Waals surface area contributed by atoms with Crippen LogP contribution in [0.4, 0.5) is 11.4 Å². The van der Waals surface area contributed by atoms with Gasteiger partial charge in [-0.05, 0) is 24.4 Å². The molecular formula is C17H26N4O3S2. The third-order valence-corrected chi connectivity index (χ3v) is 5.62. The lowest BCUT2D eigenvalue weighted by Crippen LogP contribution is -2.48. The minimum absolute atomic E-state index is 0.158. The third kappa shape index (κ3) is 5.39. The van der Waals surface area contributed by atoms with E-state index in [0.717, 1.165) is 11.4 Å². The third-order valence-electron chi connectivity index (χ3n) is 4.11. The molecule has 0 atom stereocenters. The second-order valence-corrected chi connectivity index (χ2v) is 9.72. The second kappa shape index (κ2) is 7.89. The Kier molecular flexibility index (Phi) is 6.25. The van der Waals surface area contributed by atoms with Gasteiger partial charge in [-0.1, -0.05) is 32.9 Å². The predicted molar refractivity (Wildman–Crippen MR) is 109 cm³/mol. The maximum atomic E-state index is 12.1. The Labute approximate surface area is 160 Å². The van der Waals surface area contributed by atoms with Crippen LogP contribution in [0, 0.1) is 5.41 Å². The van der Waals surface area contributed by atoms with Crippen molar-refractivity contribution >= 4 is 44.6 Å². The molecule has 1 aromatic rings. The van der Waals surface area contributed by atoms with Crippen molar-refractivity contribution in [2.45, 2.75) is 20.8 Å². The van der Waals surface area contributed by atoms with Crippen molar-refractivity contribution in [2.75, 3.05) is 42.7 Å². The zero-order valence-electron chi connectivity index (χ0n) is 15.6. The van der Waals surface area contributed by atoms with E-state index in [0.29, 0.717) is 26.2 Å². The number of nitrogens with one attached hydrogen (secondary N) is 2. The van der Waals surface area contributed by atoms with Gasteiger partial charge in [0.1, 0.15) is 0 Å². The Bertz CT molecular complexity index is 779. The molecule has 1 heterocycles. The number of benzene rings is 1. The van der Waals surface area contributed by atoms with Crippen LogP contribution in [-0.2, 0) is 14.8 Å². The fourth-order valence-corrected chi connectivity index (χ4v) is 3.59. The summed E-state index contributed by atoms with van der Waals surface area (Å²) < 4.78 is 24.8. The number of hydrogen-bond acceptors (Lipinski definition) is 5. The predicted octanol–water partition coefficient (Wildman–Crippen LogP) is 1.63. The molecule has 7 nitrogen and oxygen atoms in total. The topological polar surface area (TPSA) is 81.8 Å². The average Bonchev–Trinajstić information content (AvgIpc) is 2.53. The van der Waals surface area contributed by atoms with E-state index in [1.807, 2.05) is 45.0 Å². The second-order valence-electron chi connectivity index (χ2n) is 7.32. The molecule has 0 bridgehead atoms. The molecule has 0 radical (unpaired) electrons. The van der Waals surface area contributed by atoms with Crippen molar-refractivity contribution in [2.24, 2.45) is 5.41 Å². The first kappa shape index (κ1) is 20.6. The van der Waals surface area contributed by atoms with E-state index in [1.165, 1.54) is 10.6 Å². The van der Waals surface area contributed by atoms with Crippen LogP contribution >= 0.6 is 12.2 Å². The lowest BCUT2D eigenvalue weighted by molar-refractivity contribution is -0.126. The molecule has 0 aliphatic carbocycles. The van der Waals surface area contributed by atoms with Crippen molar-refractivity contribution in [1.82, 2.24) is 9.62 Å². The van der Waals surface area contributed by atoms with Crippen molar-refractivity contribution < 1.29 is 13.2 Å². The van der Waals surface area contributed by atoms with Crippen LogP contribution in [0.25, 0.3) is 0 Å². The lowest BCUT2D eigenvalue weighted by atomic mass is 9.96. The minimum atomic E-state index is -3.17. The highest BCUT2D eigenvalue weighted by Crippen LogP contribution is 2.27. The van der Waals surface area contributed by atoms with Gasteiger partial charge in [-0.15, -0.1) is 0 Å². The molecule has 9 heteroatoms. The highest BCUT2D eigenvalue weighted by molar-refractivity contribution is 7.88. The zero-order valence-corrected chi connectivity index (χ0v) is 17.2. The number of amides is 1. The maximum absolute atomic E-state index is 12.1. The van der Waals surface area contributed by atoms with Crippen LogP contribution in [0.5, 0.6) is 0 Å². The van der Waals surface area contributed by atoms with E-state index >= 15 is 0 Å². The van der Waals surface area contributed by atoms with Gasteiger partial charge in [0.05, 0.1) is 17.6 Å². The number of carbonyl (C=O) groups is 1. The first-order chi connectivity index (χ1) is 12.0. The van der Waals surface area contributed by atoms with Crippen LogP contribution in [-0.4, -0.2) is 56.2 Å². The normalized spacial score (nSPS) is 16.2. The van der Waals surface area contributed by atoms with E-state index in [9.17, 15) is 13.2 Å². The number of nitrogens with zero attached hydrogens (tertiary/aromatic N) is 2. The molecule has 2 rings (SSSR count). The molecule has 0 saturated carbocycles. The molecule has 2 N–H and O–H groups in total. The maximum Gasteiger partial charge on any atom is 0.231 e. The van der Waals surface area contributed by atoms with Gasteiger partial charge >= 0.3 is 0 Å². The summed E-state index contributed by atoms with van der Waals surface area (Å²) in [5.41, 5.74) is 1.17. The number of sulfonamides is 1. The van der Waals surface area contributed by atoms with Gasteiger partial charge in [0, 0.05) is 31.6 Å². The molecule has 0 unspecified atom stereocenters. The molecular weight excluding hydrogens is 372 g/mol. The first-order valence-corrected chi connectivity index (χ1v) is 10.7. The summed E-state index contributed by atoms with van der Waals surface area (Å²) in [6.07, 6.45) is 1.23. The van der Waals surface area contributed by atoms with Gasteiger partial charge in [-0.3, -0.25) is 4.79 Å². The number of carbonyl (C=O) groups excluding carboxylic acids is 1. The molecule has 1 aliphatic heterocycles. The fraction of sp³-hybridized carbons (Fsp3) is 0.529. The molecule has 1 fully saturated rings. The summed E-state index contributed by atoms with van der Waals surface area (Å²) in [7, 11) is -3.17. The van der Waals surface area contributed by atoms with Crippen molar-refractivity contribution in [3.63, 3.8) is 0 Å². The van der Waals surface area contributed by atoms with Crippen LogP contribution in [0.3, 0.4) is 0 Å². The van der Waals surface area contributed by atoms with E-state index in [4.69, 9.17) is 12.2 Å². The summed E-state index contributed by atoms with van der Waals surface area (Å²) in [4.78, 5) is 14.2. The Hall–Kier alpha value is -1.71. The van der Waals surface area contributed by atoms with E-state index < -0.39 is 15.4 Å². The smallest absolute Gasteiger partial charge is 0.231 e. The molecule has 26 heavy (non-hydrogen) atoms. The summed E-state index contributed by atoms with van der Waals surface area (Å²) in [6, 6.07) is 7.63. The number of hydrogen-bond donors (Lipinski definition) is 2. The molecule has 1 saturated heterocycles. The largest absolute Gasteiger partial charge is 0.367 e. The van der Waals surface area contributed by atoms with E-state index in [2.05, 4.69) is 15.5 Å². The lowest BCUT2D eigenvalue weighted by Gasteiger charge is -2.35. The van der Waals surface area contributed by atoms with E-state index in [1.54, 1.807) is 0 Å². The summed E-state index contributed by atoms with van der Waals surface area (Å²) in [5.74, 6) is -0.158. The summed E-state index contributed by atoms with van der Waals surface area (Å²) in [6.45, 7) is 7.52. The average molecular weight is 399 g/mol. The number of thiocarbonyl (C=S) groups is 1. The Balaban J connectivity index is 2.07. The van der Waals surface area contributed by atoms with Gasteiger partial charge in [-0.25, -0.2) is 8.42 Å². The van der Waals surface area contributed by atoms with Gasteiger partial charge in [-0.2, -0.15) is 4.31 Å². The van der Waals surface area contributed by atoms with Crippen LogP contribution in [0.1, 0.15) is 20.8 Å². The molecule has 1 aromatic carbocycles. The van der Waals surface area contributed by atoms with Crippen LogP contribution < -0.4 is 15.5 Å². The fourth-order valence-electron chi connectivity index (χ4n) is 2.56. The van der Waals surface area contributed by atoms with Crippen molar-refractivity contribution in [1.29, 1.82) is 0 Å². The Morgan fingerprint density at radius 2 is 1.69 bits per heavy atom. The SMILES string of the molecule is CC(C)(C)C(=O)NC(=S)Nc1ccccc1N1CCN(S(C)(=O)=O)CC1. The molecule has 144 valence electrons. The Morgan fingerprint density at radius 3 is 2.23 bits per heavy atom. The number of rotatable bonds is 3. The molecule has 0 aromatic heterocycles. The summed E-state index contributed by atoms with van der Waals surface area (Å²) >= 11 is 5.26. The van der Waals surface area contributed by atoms with Gasteiger partial charge < -0.3 is 15.5 Å². The van der Waals surface area contributed by atoms with Gasteiger partial charge in [0.15, 0.2) is 5.11 Å². The minimum Gasteiger partial charge on any atom is -0.367 e. The molecule has 1 amide bonds. The number of anilines is 2. The number of piperazine rings is 1. The van der Waals surface area contributed by atoms with Crippen molar-refractivity contribution in [3.05, 3.63) is 24.3 Å². The Morgan fingerprint density at radius 1 is 1.12 bits per heavy atom. The quantitative estimate of drug-likeness (QED) is 0.753. The zero-order chi connectivity index (χ0) is 19.5. The molecule has 1 aliphatic rings. The van der Waals surface area contributed by atoms with Gasteiger partial charge in [0.25, 0.3) is 0 Å². The highest BCUT2D eigenvalue weighted by atomic mass is 32.2. The molecule has 0 spiro atoms. The highest BCUT2D eigenvalue weighted by Gasteiger charge is 2.25. The standard InChI is InChI=1S/C17H26N4O3S2/c1-17(2,3)15(22)19-16(25)18-13-7-5-6-8-14(13)20-9-11-21(12-10-20)26(4,23)24/h5-8H,9-12H2,1-4H3,(H2,18,19,22,25). The van der Waals surface area contributed by atoms with Gasteiger partial charge in [0.2, 0.25) is 15.9 Å². The first-order valence-electron chi connectivity index (χ1n) is 8.40. The summed E-state index contributed by atoms with van der Waals surface area (Å²) in [5, 5.41) is 6.02. The monoisotopic (exact) mass is 398 g/mol. The van der Waals surface area contributed by atoms with Crippen LogP contribution in [0.15, 0.2) is 24.3 Å².